The average Bonchev–Trinajstić information content (AvgIpc) is 2.07. The molecule has 13 heavy (non-hydrogen) atoms. The lowest BCUT2D eigenvalue weighted by Crippen LogP contribution is -2.47. The average molecular weight is 186 g/mol. The molecule has 0 aromatic carbocycles. The third-order valence-electron chi connectivity index (χ3n) is 2.65. The molecule has 0 aliphatic heterocycles. The quantitative estimate of drug-likeness (QED) is 0.679. The summed E-state index contributed by atoms with van der Waals surface area (Å²) in [5.74, 6) is 0.0926. The normalized spacial score (nSPS) is 11.8. The van der Waals surface area contributed by atoms with Crippen molar-refractivity contribution in [3.63, 3.8) is 0 Å². The number of nitrogens with two attached hydrogens (primary N) is 1. The summed E-state index contributed by atoms with van der Waals surface area (Å²) in [5.41, 5.74) is 5.29. The predicted octanol–water partition coefficient (Wildman–Crippen LogP) is 1.28. The second kappa shape index (κ2) is 5.22. The SMILES string of the molecule is CCC(CC)(CN)C(=O)NC(C)C. The number of carbonyl (C=O) groups is 1. The van der Waals surface area contributed by atoms with Gasteiger partial charge >= 0.3 is 0 Å². The van der Waals surface area contributed by atoms with E-state index in [2.05, 4.69) is 5.32 Å². The molecule has 0 heterocycles. The highest BCUT2D eigenvalue weighted by atomic mass is 16.2. The lowest BCUT2D eigenvalue weighted by Gasteiger charge is -2.29. The van der Waals surface area contributed by atoms with Crippen molar-refractivity contribution in [1.82, 2.24) is 5.32 Å². The van der Waals surface area contributed by atoms with E-state index in [0.29, 0.717) is 6.54 Å². The molecule has 0 fully saturated rings. The van der Waals surface area contributed by atoms with Crippen LogP contribution in [0.15, 0.2) is 0 Å². The van der Waals surface area contributed by atoms with Crippen LogP contribution in [0.25, 0.3) is 0 Å². The third-order valence-corrected chi connectivity index (χ3v) is 2.65. The molecule has 3 heteroatoms. The highest BCUT2D eigenvalue weighted by Gasteiger charge is 2.33. The van der Waals surface area contributed by atoms with Gasteiger partial charge in [-0.2, -0.15) is 0 Å². The first-order chi connectivity index (χ1) is 6.02. The summed E-state index contributed by atoms with van der Waals surface area (Å²) in [4.78, 5) is 11.8. The number of carbonyl (C=O) groups excluding carboxylic acids is 1. The summed E-state index contributed by atoms with van der Waals surface area (Å²) in [6, 6.07) is 0.191. The van der Waals surface area contributed by atoms with Crippen molar-refractivity contribution < 1.29 is 4.79 Å². The Hall–Kier alpha value is -0.570. The fourth-order valence-corrected chi connectivity index (χ4v) is 1.37. The summed E-state index contributed by atoms with van der Waals surface area (Å²) in [6.07, 6.45) is 1.61. The zero-order chi connectivity index (χ0) is 10.5. The zero-order valence-corrected chi connectivity index (χ0v) is 9.18. The van der Waals surface area contributed by atoms with Crippen LogP contribution in [-0.2, 0) is 4.79 Å². The van der Waals surface area contributed by atoms with Crippen molar-refractivity contribution in [3.8, 4) is 0 Å². The van der Waals surface area contributed by atoms with Crippen LogP contribution in [0.3, 0.4) is 0 Å². The standard InChI is InChI=1S/C10H22N2O/c1-5-10(6-2,7-11)9(13)12-8(3)4/h8H,5-7,11H2,1-4H3,(H,12,13). The van der Waals surface area contributed by atoms with Crippen LogP contribution < -0.4 is 11.1 Å². The van der Waals surface area contributed by atoms with E-state index < -0.39 is 0 Å². The molecule has 0 saturated carbocycles. The van der Waals surface area contributed by atoms with Gasteiger partial charge in [-0.1, -0.05) is 13.8 Å². The van der Waals surface area contributed by atoms with Gasteiger partial charge < -0.3 is 11.1 Å². The lowest BCUT2D eigenvalue weighted by molar-refractivity contribution is -0.131. The summed E-state index contributed by atoms with van der Waals surface area (Å²) < 4.78 is 0. The topological polar surface area (TPSA) is 55.1 Å². The van der Waals surface area contributed by atoms with Crippen LogP contribution in [0.2, 0.25) is 0 Å². The smallest absolute Gasteiger partial charge is 0.227 e. The summed E-state index contributed by atoms with van der Waals surface area (Å²) in [6.45, 7) is 8.38. The first kappa shape index (κ1) is 12.4. The second-order valence-electron chi connectivity index (χ2n) is 3.82. The largest absolute Gasteiger partial charge is 0.353 e. The molecule has 78 valence electrons. The Kier molecular flexibility index (Phi) is 4.99. The molecule has 0 aliphatic carbocycles. The minimum absolute atomic E-state index is 0.0926. The van der Waals surface area contributed by atoms with Crippen molar-refractivity contribution in [2.24, 2.45) is 11.1 Å². The molecule has 0 aromatic heterocycles. The fraction of sp³-hybridized carbons (Fsp3) is 0.900. The van der Waals surface area contributed by atoms with Crippen LogP contribution in [0.1, 0.15) is 40.5 Å². The second-order valence-corrected chi connectivity index (χ2v) is 3.82. The van der Waals surface area contributed by atoms with E-state index >= 15 is 0 Å². The van der Waals surface area contributed by atoms with Gasteiger partial charge in [0.25, 0.3) is 0 Å². The Morgan fingerprint density at radius 1 is 1.38 bits per heavy atom. The van der Waals surface area contributed by atoms with Gasteiger partial charge in [0, 0.05) is 12.6 Å². The maximum Gasteiger partial charge on any atom is 0.227 e. The minimum Gasteiger partial charge on any atom is -0.353 e. The van der Waals surface area contributed by atoms with Crippen LogP contribution in [-0.4, -0.2) is 18.5 Å². The maximum atomic E-state index is 11.8. The number of hydrogen-bond acceptors (Lipinski definition) is 2. The molecular formula is C10H22N2O. The molecule has 0 radical (unpaired) electrons. The summed E-state index contributed by atoms with van der Waals surface area (Å²) in [5, 5.41) is 2.92. The molecule has 1 amide bonds. The van der Waals surface area contributed by atoms with Crippen molar-refractivity contribution in [3.05, 3.63) is 0 Å². The number of rotatable bonds is 5. The maximum absolute atomic E-state index is 11.8. The predicted molar refractivity (Wildman–Crippen MR) is 55.3 cm³/mol. The van der Waals surface area contributed by atoms with Gasteiger partial charge in [0.1, 0.15) is 0 Å². The molecule has 0 spiro atoms. The highest BCUT2D eigenvalue weighted by Crippen LogP contribution is 2.24. The highest BCUT2D eigenvalue weighted by molar-refractivity contribution is 5.83. The van der Waals surface area contributed by atoms with Gasteiger partial charge in [0.15, 0.2) is 0 Å². The van der Waals surface area contributed by atoms with Gasteiger partial charge in [-0.3, -0.25) is 4.79 Å². The molecular weight excluding hydrogens is 164 g/mol. The van der Waals surface area contributed by atoms with Gasteiger partial charge in [0.05, 0.1) is 5.41 Å². The molecule has 3 N–H and O–H groups in total. The molecule has 0 saturated heterocycles. The van der Waals surface area contributed by atoms with Crippen LogP contribution in [0.4, 0.5) is 0 Å². The van der Waals surface area contributed by atoms with E-state index in [-0.39, 0.29) is 17.4 Å². The Labute approximate surface area is 81.1 Å². The number of nitrogens with one attached hydrogen (secondary N) is 1. The summed E-state index contributed by atoms with van der Waals surface area (Å²) in [7, 11) is 0. The van der Waals surface area contributed by atoms with Crippen molar-refractivity contribution in [1.29, 1.82) is 0 Å². The molecule has 0 aromatic rings. The Bertz CT molecular complexity index is 154. The van der Waals surface area contributed by atoms with Crippen LogP contribution >= 0.6 is 0 Å². The van der Waals surface area contributed by atoms with E-state index in [1.807, 2.05) is 27.7 Å². The molecule has 0 unspecified atom stereocenters. The van der Waals surface area contributed by atoms with E-state index in [1.165, 1.54) is 0 Å². The van der Waals surface area contributed by atoms with Gasteiger partial charge in [-0.05, 0) is 26.7 Å². The Morgan fingerprint density at radius 2 is 1.85 bits per heavy atom. The van der Waals surface area contributed by atoms with E-state index in [0.717, 1.165) is 12.8 Å². The van der Waals surface area contributed by atoms with Gasteiger partial charge in [0.2, 0.25) is 5.91 Å². The van der Waals surface area contributed by atoms with Gasteiger partial charge in [-0.15, -0.1) is 0 Å². The molecule has 0 rings (SSSR count). The van der Waals surface area contributed by atoms with E-state index in [9.17, 15) is 4.79 Å². The van der Waals surface area contributed by atoms with Crippen LogP contribution in [0, 0.1) is 5.41 Å². The fourth-order valence-electron chi connectivity index (χ4n) is 1.37. The minimum atomic E-state index is -0.357. The van der Waals surface area contributed by atoms with Crippen molar-refractivity contribution >= 4 is 5.91 Å². The Balaban J connectivity index is 4.44. The third kappa shape index (κ3) is 2.99. The van der Waals surface area contributed by atoms with Crippen molar-refractivity contribution in [2.45, 2.75) is 46.6 Å². The first-order valence-corrected chi connectivity index (χ1v) is 5.03. The molecule has 0 bridgehead atoms. The van der Waals surface area contributed by atoms with E-state index in [1.54, 1.807) is 0 Å². The van der Waals surface area contributed by atoms with Gasteiger partial charge in [-0.25, -0.2) is 0 Å². The Morgan fingerprint density at radius 3 is 2.08 bits per heavy atom. The molecule has 3 nitrogen and oxygen atoms in total. The number of amides is 1. The van der Waals surface area contributed by atoms with E-state index in [4.69, 9.17) is 5.73 Å². The first-order valence-electron chi connectivity index (χ1n) is 5.03. The van der Waals surface area contributed by atoms with Crippen molar-refractivity contribution in [2.75, 3.05) is 6.54 Å². The monoisotopic (exact) mass is 186 g/mol. The molecule has 0 atom stereocenters. The van der Waals surface area contributed by atoms with Crippen LogP contribution in [0.5, 0.6) is 0 Å². The number of hydrogen-bond donors (Lipinski definition) is 2. The molecule has 0 aliphatic rings. The zero-order valence-electron chi connectivity index (χ0n) is 9.18. The summed E-state index contributed by atoms with van der Waals surface area (Å²) >= 11 is 0. The lowest BCUT2D eigenvalue weighted by atomic mass is 9.81.